The number of aliphatic hydroxyl groups is 1. The topological polar surface area (TPSA) is 66.4 Å². The second kappa shape index (κ2) is 6.22. The maximum Gasteiger partial charge on any atom is 0.245 e. The Morgan fingerprint density at radius 1 is 1.60 bits per heavy atom. The Morgan fingerprint density at radius 3 is 2.80 bits per heavy atom. The molecule has 2 N–H and O–H groups in total. The van der Waals surface area contributed by atoms with Crippen molar-refractivity contribution in [1.29, 1.82) is 0 Å². The maximum absolute atomic E-state index is 10.3. The third-order valence-corrected chi connectivity index (χ3v) is 0.965. The number of hydrogen-bond acceptors (Lipinski definition) is 3. The van der Waals surface area contributed by atoms with E-state index in [1.54, 1.807) is 0 Å². The number of hydrogen-bond donors (Lipinski definition) is 2. The molecule has 0 aliphatic rings. The lowest BCUT2D eigenvalue weighted by Crippen LogP contribution is -2.27. The molecular weight excluding hydrogens is 134 g/mol. The van der Waals surface area contributed by atoms with Gasteiger partial charge in [0, 0.05) is 13.0 Å². The van der Waals surface area contributed by atoms with Gasteiger partial charge in [-0.25, -0.2) is 0 Å². The third-order valence-electron chi connectivity index (χ3n) is 0.965. The molecule has 0 unspecified atom stereocenters. The second-order valence-corrected chi connectivity index (χ2v) is 1.82. The molecule has 0 aliphatic heterocycles. The zero-order valence-electron chi connectivity index (χ0n) is 5.67. The summed E-state index contributed by atoms with van der Waals surface area (Å²) in [6.45, 7) is -0.0285. The Morgan fingerprint density at radius 2 is 2.30 bits per heavy atom. The van der Waals surface area contributed by atoms with E-state index in [0.29, 0.717) is 19.4 Å². The smallest absolute Gasteiger partial charge is 0.245 e. The van der Waals surface area contributed by atoms with Crippen molar-refractivity contribution in [3.63, 3.8) is 0 Å². The number of rotatable bonds is 5. The highest BCUT2D eigenvalue weighted by atomic mass is 16.3. The van der Waals surface area contributed by atoms with E-state index in [4.69, 9.17) is 5.11 Å². The Kier molecular flexibility index (Phi) is 5.66. The molecule has 0 rings (SSSR count). The van der Waals surface area contributed by atoms with Gasteiger partial charge in [-0.1, -0.05) is 0 Å². The number of unbranched alkanes of at least 4 members (excludes halogenated alkanes) is 1. The van der Waals surface area contributed by atoms with Crippen LogP contribution in [-0.2, 0) is 9.59 Å². The summed E-state index contributed by atoms with van der Waals surface area (Å²) in [4.78, 5) is 20.1. The molecule has 0 aliphatic carbocycles. The molecule has 10 heavy (non-hydrogen) atoms. The summed E-state index contributed by atoms with van der Waals surface area (Å²) in [5.41, 5.74) is 0. The summed E-state index contributed by atoms with van der Waals surface area (Å²) in [5, 5.41) is 10.6. The molecule has 0 aromatic heterocycles. The minimum Gasteiger partial charge on any atom is -0.387 e. The number of carbonyl (C=O) groups excluding carboxylic acids is 2. The number of nitrogens with one attached hydrogen (secondary N) is 1. The molecule has 0 radical (unpaired) electrons. The van der Waals surface area contributed by atoms with Crippen molar-refractivity contribution in [1.82, 2.24) is 5.32 Å². The summed E-state index contributed by atoms with van der Waals surface area (Å²) in [5.74, 6) is -0.397. The molecule has 0 heterocycles. The lowest BCUT2D eigenvalue weighted by molar-refractivity contribution is -0.123. The first-order valence-corrected chi connectivity index (χ1v) is 3.12. The van der Waals surface area contributed by atoms with Crippen LogP contribution < -0.4 is 5.32 Å². The molecular formula is C6H11NO3. The standard InChI is InChI=1S/C6H11NO3/c8-4-2-1-3-7-6(10)5-9/h4,9H,1-3,5H2,(H,7,10). The first-order chi connectivity index (χ1) is 4.81. The summed E-state index contributed by atoms with van der Waals surface area (Å²) < 4.78 is 0. The Hall–Kier alpha value is -0.900. The second-order valence-electron chi connectivity index (χ2n) is 1.82. The summed E-state index contributed by atoms with van der Waals surface area (Å²) in [6.07, 6.45) is 1.88. The zero-order chi connectivity index (χ0) is 7.82. The Labute approximate surface area is 59.2 Å². The average molecular weight is 145 g/mol. The number of aliphatic hydroxyl groups excluding tert-OH is 1. The van der Waals surface area contributed by atoms with E-state index in [-0.39, 0.29) is 0 Å². The van der Waals surface area contributed by atoms with Crippen LogP contribution >= 0.6 is 0 Å². The van der Waals surface area contributed by atoms with Crippen molar-refractivity contribution in [2.45, 2.75) is 12.8 Å². The lowest BCUT2D eigenvalue weighted by atomic mass is 10.3. The molecule has 0 bridgehead atoms. The fraction of sp³-hybridized carbons (Fsp3) is 0.667. The molecule has 0 spiro atoms. The van der Waals surface area contributed by atoms with E-state index in [9.17, 15) is 9.59 Å². The monoisotopic (exact) mass is 145 g/mol. The quantitative estimate of drug-likeness (QED) is 0.388. The van der Waals surface area contributed by atoms with Crippen LogP contribution in [-0.4, -0.2) is 30.5 Å². The third kappa shape index (κ3) is 5.24. The molecule has 0 saturated heterocycles. The minimum atomic E-state index is -0.485. The number of aldehydes is 1. The van der Waals surface area contributed by atoms with Gasteiger partial charge in [0.2, 0.25) is 5.91 Å². The van der Waals surface area contributed by atoms with E-state index < -0.39 is 12.5 Å². The van der Waals surface area contributed by atoms with Crippen LogP contribution in [0.4, 0.5) is 0 Å². The van der Waals surface area contributed by atoms with E-state index in [2.05, 4.69) is 5.32 Å². The summed E-state index contributed by atoms with van der Waals surface area (Å²) in [7, 11) is 0. The fourth-order valence-corrected chi connectivity index (χ4v) is 0.469. The van der Waals surface area contributed by atoms with Gasteiger partial charge in [0.1, 0.15) is 12.9 Å². The Bertz CT molecular complexity index is 114. The molecule has 58 valence electrons. The molecule has 4 heteroatoms. The fourth-order valence-electron chi connectivity index (χ4n) is 0.469. The van der Waals surface area contributed by atoms with E-state index in [1.807, 2.05) is 0 Å². The lowest BCUT2D eigenvalue weighted by Gasteiger charge is -1.98. The first kappa shape index (κ1) is 9.10. The number of amides is 1. The molecule has 4 nitrogen and oxygen atoms in total. The largest absolute Gasteiger partial charge is 0.387 e. The van der Waals surface area contributed by atoms with Gasteiger partial charge in [-0.15, -0.1) is 0 Å². The van der Waals surface area contributed by atoms with Crippen molar-refractivity contribution in [3.05, 3.63) is 0 Å². The van der Waals surface area contributed by atoms with Crippen molar-refractivity contribution in [3.8, 4) is 0 Å². The Balaban J connectivity index is 3.03. The van der Waals surface area contributed by atoms with Crippen molar-refractivity contribution >= 4 is 12.2 Å². The van der Waals surface area contributed by atoms with Crippen molar-refractivity contribution in [2.75, 3.05) is 13.2 Å². The normalized spacial score (nSPS) is 8.90. The molecule has 1 amide bonds. The zero-order valence-corrected chi connectivity index (χ0v) is 5.67. The average Bonchev–Trinajstić information content (AvgIpc) is 1.98. The van der Waals surface area contributed by atoms with Crippen LogP contribution in [0.2, 0.25) is 0 Å². The molecule has 0 aromatic rings. The van der Waals surface area contributed by atoms with Crippen LogP contribution in [0.15, 0.2) is 0 Å². The highest BCUT2D eigenvalue weighted by molar-refractivity contribution is 5.76. The van der Waals surface area contributed by atoms with Crippen LogP contribution in [0.25, 0.3) is 0 Å². The molecule has 0 atom stereocenters. The highest BCUT2D eigenvalue weighted by Gasteiger charge is 1.94. The van der Waals surface area contributed by atoms with Gasteiger partial charge in [0.05, 0.1) is 0 Å². The van der Waals surface area contributed by atoms with Crippen LogP contribution in [0.5, 0.6) is 0 Å². The highest BCUT2D eigenvalue weighted by Crippen LogP contribution is 1.79. The van der Waals surface area contributed by atoms with Gasteiger partial charge in [-0.2, -0.15) is 0 Å². The minimum absolute atomic E-state index is 0.397. The maximum atomic E-state index is 10.3. The summed E-state index contributed by atoms with van der Waals surface area (Å²) in [6, 6.07) is 0. The SMILES string of the molecule is O=CCCCNC(=O)CO. The van der Waals surface area contributed by atoms with Gasteiger partial charge in [-0.05, 0) is 6.42 Å². The van der Waals surface area contributed by atoms with Gasteiger partial charge in [0.15, 0.2) is 0 Å². The molecule has 0 saturated carbocycles. The summed E-state index contributed by atoms with van der Waals surface area (Å²) >= 11 is 0. The number of carbonyl (C=O) groups is 2. The van der Waals surface area contributed by atoms with E-state index >= 15 is 0 Å². The first-order valence-electron chi connectivity index (χ1n) is 3.12. The van der Waals surface area contributed by atoms with Crippen LogP contribution in [0.1, 0.15) is 12.8 Å². The van der Waals surface area contributed by atoms with Crippen molar-refractivity contribution < 1.29 is 14.7 Å². The van der Waals surface area contributed by atoms with Crippen LogP contribution in [0, 0.1) is 0 Å². The predicted octanol–water partition coefficient (Wildman–Crippen LogP) is -0.926. The van der Waals surface area contributed by atoms with Crippen molar-refractivity contribution in [2.24, 2.45) is 0 Å². The van der Waals surface area contributed by atoms with E-state index in [0.717, 1.165) is 6.29 Å². The van der Waals surface area contributed by atoms with E-state index in [1.165, 1.54) is 0 Å². The van der Waals surface area contributed by atoms with Gasteiger partial charge in [0.25, 0.3) is 0 Å². The molecule has 0 aromatic carbocycles. The van der Waals surface area contributed by atoms with Gasteiger partial charge < -0.3 is 15.2 Å². The van der Waals surface area contributed by atoms with Crippen LogP contribution in [0.3, 0.4) is 0 Å². The van der Waals surface area contributed by atoms with Gasteiger partial charge in [-0.3, -0.25) is 4.79 Å². The van der Waals surface area contributed by atoms with Gasteiger partial charge >= 0.3 is 0 Å². The predicted molar refractivity (Wildman–Crippen MR) is 35.4 cm³/mol. The molecule has 0 fully saturated rings.